The lowest BCUT2D eigenvalue weighted by atomic mass is 10.1. The van der Waals surface area contributed by atoms with Crippen LogP contribution < -0.4 is 20.2 Å². The Kier molecular flexibility index (Phi) is 7.56. The van der Waals surface area contributed by atoms with Gasteiger partial charge in [-0.1, -0.05) is 12.1 Å². The summed E-state index contributed by atoms with van der Waals surface area (Å²) in [6.07, 6.45) is 0.0734. The molecular weight excluding hydrogens is 358 g/mol. The van der Waals surface area contributed by atoms with E-state index in [1.165, 1.54) is 0 Å². The molecule has 0 unspecified atom stereocenters. The molecule has 0 heterocycles. The molecule has 2 aromatic carbocycles. The number of nitrogens with zero attached hydrogens (tertiary/aromatic N) is 1. The molecule has 0 saturated heterocycles. The first-order valence-electron chi connectivity index (χ1n) is 8.82. The lowest BCUT2D eigenvalue weighted by Crippen LogP contribution is -2.26. The molecule has 7 nitrogen and oxygen atoms in total. The number of hydrogen-bond donors (Lipinski definition) is 2. The van der Waals surface area contributed by atoms with Gasteiger partial charge in [0.25, 0.3) is 5.91 Å². The predicted molar refractivity (Wildman–Crippen MR) is 109 cm³/mol. The fourth-order valence-corrected chi connectivity index (χ4v) is 2.55. The van der Waals surface area contributed by atoms with Crippen LogP contribution in [0.15, 0.2) is 47.6 Å². The molecule has 2 amide bonds. The van der Waals surface area contributed by atoms with Gasteiger partial charge >= 0.3 is 0 Å². The lowest BCUT2D eigenvalue weighted by molar-refractivity contribution is -0.123. The average molecular weight is 383 g/mol. The number of amides is 2. The van der Waals surface area contributed by atoms with Crippen LogP contribution in [0.3, 0.4) is 0 Å². The summed E-state index contributed by atoms with van der Waals surface area (Å²) in [5, 5.41) is 6.77. The number of methoxy groups -OCH3 is 1. The molecule has 2 rings (SSSR count). The fourth-order valence-electron chi connectivity index (χ4n) is 2.55. The van der Waals surface area contributed by atoms with Gasteiger partial charge in [0.2, 0.25) is 5.91 Å². The second kappa shape index (κ2) is 10.1. The molecule has 0 aliphatic carbocycles. The first kappa shape index (κ1) is 21.0. The Bertz CT molecular complexity index is 857. The highest BCUT2D eigenvalue weighted by molar-refractivity contribution is 6.05. The topological polar surface area (TPSA) is 89.0 Å². The van der Waals surface area contributed by atoms with Crippen molar-refractivity contribution in [1.29, 1.82) is 0 Å². The van der Waals surface area contributed by atoms with Crippen molar-refractivity contribution in [2.45, 2.75) is 27.2 Å². The van der Waals surface area contributed by atoms with E-state index in [9.17, 15) is 9.59 Å². The molecule has 7 heteroatoms. The molecule has 0 atom stereocenters. The smallest absolute Gasteiger partial charge is 0.277 e. The maximum atomic E-state index is 12.1. The number of aryl methyl sites for hydroxylation is 2. The van der Waals surface area contributed by atoms with Crippen molar-refractivity contribution in [3.05, 3.63) is 53.6 Å². The molecule has 0 saturated carbocycles. The third-order valence-corrected chi connectivity index (χ3v) is 3.70. The zero-order chi connectivity index (χ0) is 20.5. The second-order valence-electron chi connectivity index (χ2n) is 6.45. The normalized spacial score (nSPS) is 10.9. The summed E-state index contributed by atoms with van der Waals surface area (Å²) in [7, 11) is 1.56. The number of hydrazone groups is 1. The SMILES string of the molecule is COc1cccc(OCC(=O)N/N=C(\C)CC(=O)Nc2cc(C)cc(C)c2)c1. The van der Waals surface area contributed by atoms with E-state index in [2.05, 4.69) is 15.8 Å². The summed E-state index contributed by atoms with van der Waals surface area (Å²) in [5.41, 5.74) is 5.75. The van der Waals surface area contributed by atoms with Gasteiger partial charge in [0.05, 0.1) is 13.5 Å². The summed E-state index contributed by atoms with van der Waals surface area (Å²) in [6.45, 7) is 5.42. The molecule has 0 aliphatic rings. The Hall–Kier alpha value is -3.35. The molecule has 148 valence electrons. The monoisotopic (exact) mass is 383 g/mol. The van der Waals surface area contributed by atoms with Gasteiger partial charge in [0, 0.05) is 17.5 Å². The number of hydrogen-bond acceptors (Lipinski definition) is 5. The summed E-state index contributed by atoms with van der Waals surface area (Å²) in [6, 6.07) is 12.8. The molecule has 0 radical (unpaired) electrons. The van der Waals surface area contributed by atoms with Crippen molar-refractivity contribution in [2.24, 2.45) is 5.10 Å². The van der Waals surface area contributed by atoms with E-state index in [1.54, 1.807) is 38.3 Å². The van der Waals surface area contributed by atoms with E-state index >= 15 is 0 Å². The highest BCUT2D eigenvalue weighted by atomic mass is 16.5. The Morgan fingerprint density at radius 1 is 1.00 bits per heavy atom. The highest BCUT2D eigenvalue weighted by Crippen LogP contribution is 2.18. The van der Waals surface area contributed by atoms with Crippen LogP contribution in [-0.2, 0) is 9.59 Å². The van der Waals surface area contributed by atoms with Crippen molar-refractivity contribution in [3.8, 4) is 11.5 Å². The number of nitrogens with one attached hydrogen (secondary N) is 2. The summed E-state index contributed by atoms with van der Waals surface area (Å²) in [5.74, 6) is 0.537. The minimum atomic E-state index is -0.420. The van der Waals surface area contributed by atoms with E-state index < -0.39 is 5.91 Å². The minimum absolute atomic E-state index is 0.0734. The Morgan fingerprint density at radius 3 is 2.36 bits per heavy atom. The Balaban J connectivity index is 1.79. The van der Waals surface area contributed by atoms with E-state index in [1.807, 2.05) is 32.0 Å². The van der Waals surface area contributed by atoms with Crippen LogP contribution in [0.5, 0.6) is 11.5 Å². The van der Waals surface area contributed by atoms with Gasteiger partial charge in [-0.2, -0.15) is 5.10 Å². The van der Waals surface area contributed by atoms with Gasteiger partial charge in [-0.3, -0.25) is 9.59 Å². The van der Waals surface area contributed by atoms with E-state index in [0.29, 0.717) is 17.2 Å². The number of anilines is 1. The van der Waals surface area contributed by atoms with Crippen LogP contribution in [0.1, 0.15) is 24.5 Å². The van der Waals surface area contributed by atoms with Crippen LogP contribution >= 0.6 is 0 Å². The van der Waals surface area contributed by atoms with E-state index in [4.69, 9.17) is 9.47 Å². The average Bonchev–Trinajstić information content (AvgIpc) is 2.64. The predicted octanol–water partition coefficient (Wildman–Crippen LogP) is 3.21. The molecule has 2 N–H and O–H groups in total. The Labute approximate surface area is 164 Å². The van der Waals surface area contributed by atoms with Gasteiger partial charge < -0.3 is 14.8 Å². The molecular formula is C21H25N3O4. The van der Waals surface area contributed by atoms with E-state index in [0.717, 1.165) is 16.8 Å². The highest BCUT2D eigenvalue weighted by Gasteiger charge is 2.07. The van der Waals surface area contributed by atoms with Crippen molar-refractivity contribution >= 4 is 23.2 Å². The maximum Gasteiger partial charge on any atom is 0.277 e. The minimum Gasteiger partial charge on any atom is -0.497 e. The van der Waals surface area contributed by atoms with E-state index in [-0.39, 0.29) is 18.9 Å². The summed E-state index contributed by atoms with van der Waals surface area (Å²) in [4.78, 5) is 24.0. The maximum absolute atomic E-state index is 12.1. The Morgan fingerprint density at radius 2 is 1.68 bits per heavy atom. The zero-order valence-electron chi connectivity index (χ0n) is 16.5. The van der Waals surface area contributed by atoms with Crippen LogP contribution in [0, 0.1) is 13.8 Å². The zero-order valence-corrected chi connectivity index (χ0v) is 16.5. The summed E-state index contributed by atoms with van der Waals surface area (Å²) >= 11 is 0. The number of ether oxygens (including phenoxy) is 2. The van der Waals surface area contributed by atoms with Crippen LogP contribution in [0.25, 0.3) is 0 Å². The number of benzene rings is 2. The van der Waals surface area contributed by atoms with Crippen molar-refractivity contribution in [3.63, 3.8) is 0 Å². The standard InChI is InChI=1S/C21H25N3O4/c1-14-8-15(2)10-17(9-14)22-20(25)11-16(3)23-24-21(26)13-28-19-7-5-6-18(12-19)27-4/h5-10,12H,11,13H2,1-4H3,(H,22,25)(H,24,26)/b23-16+. The second-order valence-corrected chi connectivity index (χ2v) is 6.45. The molecule has 2 aromatic rings. The van der Waals surface area contributed by atoms with Gasteiger partial charge in [0.15, 0.2) is 6.61 Å². The van der Waals surface area contributed by atoms with Gasteiger partial charge in [-0.15, -0.1) is 0 Å². The van der Waals surface area contributed by atoms with Crippen molar-refractivity contribution in [1.82, 2.24) is 5.43 Å². The molecule has 0 aliphatic heterocycles. The first-order valence-corrected chi connectivity index (χ1v) is 8.82. The third-order valence-electron chi connectivity index (χ3n) is 3.70. The molecule has 0 aromatic heterocycles. The van der Waals surface area contributed by atoms with Gasteiger partial charge in [-0.05, 0) is 56.2 Å². The summed E-state index contributed by atoms with van der Waals surface area (Å²) < 4.78 is 10.5. The lowest BCUT2D eigenvalue weighted by Gasteiger charge is -2.08. The number of carbonyl (C=O) groups excluding carboxylic acids is 2. The van der Waals surface area contributed by atoms with Gasteiger partial charge in [-0.25, -0.2) is 5.43 Å². The number of carbonyl (C=O) groups is 2. The molecule has 28 heavy (non-hydrogen) atoms. The number of rotatable bonds is 8. The van der Waals surface area contributed by atoms with Gasteiger partial charge in [0.1, 0.15) is 11.5 Å². The fraction of sp³-hybridized carbons (Fsp3) is 0.286. The molecule has 0 bridgehead atoms. The largest absolute Gasteiger partial charge is 0.497 e. The first-order chi connectivity index (χ1) is 13.4. The van der Waals surface area contributed by atoms with Crippen LogP contribution in [-0.4, -0.2) is 31.2 Å². The van der Waals surface area contributed by atoms with Crippen LogP contribution in [0.4, 0.5) is 5.69 Å². The van der Waals surface area contributed by atoms with Crippen molar-refractivity contribution < 1.29 is 19.1 Å². The van der Waals surface area contributed by atoms with Crippen LogP contribution in [0.2, 0.25) is 0 Å². The third kappa shape index (κ3) is 7.11. The molecule has 0 fully saturated rings. The van der Waals surface area contributed by atoms with Crippen molar-refractivity contribution in [2.75, 3.05) is 19.0 Å². The quantitative estimate of drug-likeness (QED) is 0.541. The molecule has 0 spiro atoms.